The maximum Gasteiger partial charge on any atom is 0.490 e. The number of nitrogens with one attached hydrogen (secondary N) is 4. The predicted molar refractivity (Wildman–Crippen MR) is 153 cm³/mol. The first-order chi connectivity index (χ1) is 20.2. The van der Waals surface area contributed by atoms with Gasteiger partial charge < -0.3 is 25.6 Å². The van der Waals surface area contributed by atoms with Crippen LogP contribution in [0, 0.1) is 5.41 Å². The highest BCUT2D eigenvalue weighted by atomic mass is 19.4. The van der Waals surface area contributed by atoms with Gasteiger partial charge in [0.05, 0.1) is 12.7 Å². The molecular formula is C29H32F3N5O6. The first-order valence-corrected chi connectivity index (χ1v) is 12.8. The summed E-state index contributed by atoms with van der Waals surface area (Å²) in [7, 11) is 0. The number of alkyl halides is 3. The summed E-state index contributed by atoms with van der Waals surface area (Å²) in [5.74, 6) is -2.67. The van der Waals surface area contributed by atoms with Gasteiger partial charge in [-0.1, -0.05) is 24.3 Å². The molecule has 43 heavy (non-hydrogen) atoms. The van der Waals surface area contributed by atoms with Gasteiger partial charge in [-0.2, -0.15) is 13.2 Å². The molecule has 0 aliphatic carbocycles. The van der Waals surface area contributed by atoms with Gasteiger partial charge in [-0.3, -0.25) is 25.8 Å². The Morgan fingerprint density at radius 2 is 1.53 bits per heavy atom. The van der Waals surface area contributed by atoms with Crippen LogP contribution in [-0.4, -0.2) is 47.6 Å². The van der Waals surface area contributed by atoms with E-state index in [4.69, 9.17) is 30.5 Å². The van der Waals surface area contributed by atoms with Gasteiger partial charge in [-0.15, -0.1) is 0 Å². The van der Waals surface area contributed by atoms with Gasteiger partial charge in [-0.25, -0.2) is 4.79 Å². The molecule has 1 unspecified atom stereocenters. The minimum Gasteiger partial charge on any atom is -0.490 e. The van der Waals surface area contributed by atoms with Crippen LogP contribution in [0.4, 0.5) is 18.9 Å². The lowest BCUT2D eigenvalue weighted by molar-refractivity contribution is -0.192. The van der Waals surface area contributed by atoms with Crippen LogP contribution in [0.2, 0.25) is 0 Å². The first kappa shape index (κ1) is 33.9. The molecule has 3 aromatic carbocycles. The summed E-state index contributed by atoms with van der Waals surface area (Å²) in [5.41, 5.74) is 12.7. The van der Waals surface area contributed by atoms with Crippen molar-refractivity contribution in [3.05, 3.63) is 89.5 Å². The number of carbonyl (C=O) groups is 3. The van der Waals surface area contributed by atoms with Gasteiger partial charge in [0.1, 0.15) is 11.9 Å². The van der Waals surface area contributed by atoms with Crippen LogP contribution in [-0.2, 0) is 9.59 Å². The van der Waals surface area contributed by atoms with Crippen molar-refractivity contribution < 1.29 is 42.1 Å². The second-order valence-corrected chi connectivity index (χ2v) is 8.99. The molecule has 3 aromatic rings. The maximum atomic E-state index is 13.3. The van der Waals surface area contributed by atoms with Crippen molar-refractivity contribution in [3.8, 4) is 11.5 Å². The standard InChI is InChI=1S/C27H31N5O4.C2HF3O2/c1-4-35-23-16-20(12-15-22(23)36-17(2)3)24(30-21-13-10-18(11-14-21)25(28)29)27(34)32-31-26(33)19-8-6-5-7-9-19;3-2(4,5)1(6)7/h5-17,24,30H,4H2,1-3H3,(H3,28,29)(H,31,33)(H,32,34);(H,6,7). The van der Waals surface area contributed by atoms with Crippen molar-refractivity contribution >= 4 is 29.3 Å². The van der Waals surface area contributed by atoms with E-state index in [0.29, 0.717) is 40.5 Å². The number of nitrogen functional groups attached to an aromatic ring is 1. The Morgan fingerprint density at radius 3 is 2.05 bits per heavy atom. The van der Waals surface area contributed by atoms with E-state index in [-0.39, 0.29) is 11.9 Å². The van der Waals surface area contributed by atoms with E-state index in [1.807, 2.05) is 20.8 Å². The second kappa shape index (κ2) is 15.7. The largest absolute Gasteiger partial charge is 0.490 e. The number of carbonyl (C=O) groups excluding carboxylic acids is 2. The van der Waals surface area contributed by atoms with Crippen LogP contribution in [0.25, 0.3) is 0 Å². The molecule has 0 saturated heterocycles. The SMILES string of the molecule is CCOc1cc(C(Nc2ccc(C(=N)N)cc2)C(=O)NNC(=O)c2ccccc2)ccc1OC(C)C.O=C(O)C(F)(F)F. The number of hydrogen-bond donors (Lipinski definition) is 6. The number of amides is 2. The predicted octanol–water partition coefficient (Wildman–Crippen LogP) is 4.40. The summed E-state index contributed by atoms with van der Waals surface area (Å²) in [6.45, 7) is 6.12. The molecule has 0 aromatic heterocycles. The van der Waals surface area contributed by atoms with Crippen molar-refractivity contribution in [1.82, 2.24) is 10.9 Å². The van der Waals surface area contributed by atoms with E-state index >= 15 is 0 Å². The van der Waals surface area contributed by atoms with Crippen LogP contribution >= 0.6 is 0 Å². The molecule has 0 spiro atoms. The van der Waals surface area contributed by atoms with Gasteiger partial charge in [-0.05, 0) is 74.9 Å². The highest BCUT2D eigenvalue weighted by molar-refractivity contribution is 5.97. The number of aliphatic carboxylic acids is 1. The third kappa shape index (κ3) is 10.9. The summed E-state index contributed by atoms with van der Waals surface area (Å²) >= 11 is 0. The van der Waals surface area contributed by atoms with Gasteiger partial charge in [0.2, 0.25) is 0 Å². The van der Waals surface area contributed by atoms with Gasteiger partial charge >= 0.3 is 12.1 Å². The second-order valence-electron chi connectivity index (χ2n) is 8.99. The quantitative estimate of drug-likeness (QED) is 0.112. The average molecular weight is 604 g/mol. The normalized spacial score (nSPS) is 11.3. The lowest BCUT2D eigenvalue weighted by Gasteiger charge is -2.22. The van der Waals surface area contributed by atoms with Crippen molar-refractivity contribution in [2.75, 3.05) is 11.9 Å². The van der Waals surface area contributed by atoms with Gasteiger partial charge in [0, 0.05) is 16.8 Å². The number of benzene rings is 3. The topological polar surface area (TPSA) is 176 Å². The van der Waals surface area contributed by atoms with Gasteiger partial charge in [0.25, 0.3) is 11.8 Å². The number of ether oxygens (including phenoxy) is 2. The molecular weight excluding hydrogens is 571 g/mol. The number of hydrazine groups is 1. The van der Waals surface area contributed by atoms with E-state index in [1.54, 1.807) is 72.8 Å². The Hall–Kier alpha value is -5.27. The third-order valence-corrected chi connectivity index (χ3v) is 5.31. The highest BCUT2D eigenvalue weighted by Crippen LogP contribution is 2.33. The van der Waals surface area contributed by atoms with E-state index in [0.717, 1.165) is 0 Å². The maximum absolute atomic E-state index is 13.3. The summed E-state index contributed by atoms with van der Waals surface area (Å²) in [6.07, 6.45) is -5.14. The number of rotatable bonds is 10. The van der Waals surface area contributed by atoms with Crippen molar-refractivity contribution in [2.24, 2.45) is 5.73 Å². The first-order valence-electron chi connectivity index (χ1n) is 12.8. The summed E-state index contributed by atoms with van der Waals surface area (Å²) in [6, 6.07) is 19.7. The Bertz CT molecular complexity index is 1400. The molecule has 0 aliphatic heterocycles. The van der Waals surface area contributed by atoms with Crippen LogP contribution in [0.15, 0.2) is 72.8 Å². The van der Waals surface area contributed by atoms with E-state index in [1.165, 1.54) is 0 Å². The summed E-state index contributed by atoms with van der Waals surface area (Å²) in [5, 5.41) is 17.9. The van der Waals surface area contributed by atoms with Crippen LogP contribution < -0.4 is 31.4 Å². The fraction of sp³-hybridized carbons (Fsp3) is 0.241. The van der Waals surface area contributed by atoms with Crippen molar-refractivity contribution in [1.29, 1.82) is 5.41 Å². The molecule has 0 aliphatic rings. The van der Waals surface area contributed by atoms with Crippen molar-refractivity contribution in [3.63, 3.8) is 0 Å². The van der Waals surface area contributed by atoms with Crippen LogP contribution in [0.1, 0.15) is 48.3 Å². The fourth-order valence-corrected chi connectivity index (χ4v) is 3.39. The Labute approximate surface area is 245 Å². The smallest absolute Gasteiger partial charge is 0.490 e. The number of anilines is 1. The molecule has 0 radical (unpaired) electrons. The minimum absolute atomic E-state index is 0.0541. The van der Waals surface area contributed by atoms with E-state index in [2.05, 4.69) is 16.2 Å². The van der Waals surface area contributed by atoms with E-state index < -0.39 is 30.0 Å². The Kier molecular flexibility index (Phi) is 12.4. The zero-order valence-corrected chi connectivity index (χ0v) is 23.5. The van der Waals surface area contributed by atoms with Gasteiger partial charge in [0.15, 0.2) is 11.5 Å². The summed E-state index contributed by atoms with van der Waals surface area (Å²) in [4.78, 5) is 34.6. The molecule has 2 amide bonds. The molecule has 230 valence electrons. The fourth-order valence-electron chi connectivity index (χ4n) is 3.39. The number of carboxylic acid groups (broad SMARTS) is 1. The molecule has 3 rings (SSSR count). The average Bonchev–Trinajstić information content (AvgIpc) is 2.96. The summed E-state index contributed by atoms with van der Waals surface area (Å²) < 4.78 is 43.3. The molecule has 0 heterocycles. The number of carboxylic acids is 1. The van der Waals surface area contributed by atoms with Crippen molar-refractivity contribution in [2.45, 2.75) is 39.1 Å². The number of amidine groups is 1. The molecule has 0 saturated carbocycles. The van der Waals surface area contributed by atoms with E-state index in [9.17, 15) is 22.8 Å². The Morgan fingerprint density at radius 1 is 0.930 bits per heavy atom. The number of halogens is 3. The minimum atomic E-state index is -5.08. The van der Waals surface area contributed by atoms with Crippen LogP contribution in [0.3, 0.4) is 0 Å². The Balaban J connectivity index is 0.000000821. The molecule has 1 atom stereocenters. The lowest BCUT2D eigenvalue weighted by Crippen LogP contribution is -2.45. The van der Waals surface area contributed by atoms with Crippen LogP contribution in [0.5, 0.6) is 11.5 Å². The number of hydrogen-bond acceptors (Lipinski definition) is 7. The molecule has 0 bridgehead atoms. The zero-order valence-electron chi connectivity index (χ0n) is 23.5. The molecule has 7 N–H and O–H groups in total. The monoisotopic (exact) mass is 603 g/mol. The molecule has 11 nitrogen and oxygen atoms in total. The molecule has 14 heteroatoms. The highest BCUT2D eigenvalue weighted by Gasteiger charge is 2.38. The third-order valence-electron chi connectivity index (χ3n) is 5.31. The zero-order chi connectivity index (χ0) is 32.2. The molecule has 0 fully saturated rings. The lowest BCUT2D eigenvalue weighted by atomic mass is 10.0. The number of nitrogens with two attached hydrogens (primary N) is 1.